The number of hydrogen-bond donors (Lipinski definition) is 1. The number of rotatable bonds is 5. The third-order valence-corrected chi connectivity index (χ3v) is 4.44. The van der Waals surface area contributed by atoms with E-state index in [0.717, 1.165) is 25.5 Å². The molecule has 1 aliphatic carbocycles. The first-order chi connectivity index (χ1) is 9.18. The average Bonchev–Trinajstić information content (AvgIpc) is 2.35. The molecule has 1 aliphatic heterocycles. The topological polar surface area (TPSA) is 30.5 Å². The van der Waals surface area contributed by atoms with Crippen LogP contribution in [0, 0.1) is 5.41 Å². The van der Waals surface area contributed by atoms with Crippen molar-refractivity contribution in [3.05, 3.63) is 29.8 Å². The lowest BCUT2D eigenvalue weighted by Crippen LogP contribution is -2.51. The summed E-state index contributed by atoms with van der Waals surface area (Å²) in [4.78, 5) is 0. The lowest BCUT2D eigenvalue weighted by molar-refractivity contribution is -0.101. The first kappa shape index (κ1) is 12.9. The summed E-state index contributed by atoms with van der Waals surface area (Å²) in [5.74, 6) is 1.66. The second-order valence-electron chi connectivity index (χ2n) is 6.32. The molecular formula is C16H23NO2. The van der Waals surface area contributed by atoms with Crippen LogP contribution in [0.2, 0.25) is 0 Å². The second kappa shape index (κ2) is 5.14. The van der Waals surface area contributed by atoms with E-state index in [1.165, 1.54) is 18.4 Å². The van der Waals surface area contributed by atoms with Crippen LogP contribution in [0.3, 0.4) is 0 Å². The molecule has 0 amide bonds. The van der Waals surface area contributed by atoms with Crippen LogP contribution in [-0.4, -0.2) is 32.9 Å². The maximum Gasteiger partial charge on any atom is 0.118 e. The minimum Gasteiger partial charge on any atom is -0.497 e. The Bertz CT molecular complexity index is 419. The number of methoxy groups -OCH3 is 1. The molecule has 104 valence electrons. The van der Waals surface area contributed by atoms with Crippen molar-refractivity contribution in [1.29, 1.82) is 0 Å². The largest absolute Gasteiger partial charge is 0.497 e. The number of nitrogens with one attached hydrogen (secondary N) is 1. The van der Waals surface area contributed by atoms with Crippen molar-refractivity contribution in [2.45, 2.75) is 31.7 Å². The third-order valence-electron chi connectivity index (χ3n) is 4.44. The maximum absolute atomic E-state index is 5.28. The Labute approximate surface area is 115 Å². The summed E-state index contributed by atoms with van der Waals surface area (Å²) in [7, 11) is 1.71. The molecule has 1 saturated carbocycles. The van der Waals surface area contributed by atoms with Gasteiger partial charge in [-0.1, -0.05) is 19.1 Å². The zero-order chi connectivity index (χ0) is 13.3. The fourth-order valence-corrected chi connectivity index (χ4v) is 2.88. The predicted molar refractivity (Wildman–Crippen MR) is 75.7 cm³/mol. The van der Waals surface area contributed by atoms with E-state index < -0.39 is 0 Å². The molecule has 2 aliphatic rings. The highest BCUT2D eigenvalue weighted by molar-refractivity contribution is 5.30. The molecule has 0 unspecified atom stereocenters. The van der Waals surface area contributed by atoms with Crippen molar-refractivity contribution in [2.24, 2.45) is 5.41 Å². The molecule has 3 heteroatoms. The Kier molecular flexibility index (Phi) is 3.50. The van der Waals surface area contributed by atoms with Gasteiger partial charge in [0.05, 0.1) is 20.3 Å². The predicted octanol–water partition coefficient (Wildman–Crippen LogP) is 2.57. The van der Waals surface area contributed by atoms with Gasteiger partial charge in [0.2, 0.25) is 0 Å². The van der Waals surface area contributed by atoms with Crippen LogP contribution in [-0.2, 0) is 4.74 Å². The first-order valence-electron chi connectivity index (χ1n) is 7.14. The number of hydrogen-bond acceptors (Lipinski definition) is 3. The highest BCUT2D eigenvalue weighted by Gasteiger charge is 2.36. The van der Waals surface area contributed by atoms with E-state index in [9.17, 15) is 0 Å². The van der Waals surface area contributed by atoms with E-state index in [2.05, 4.69) is 36.5 Å². The van der Waals surface area contributed by atoms with Gasteiger partial charge in [-0.05, 0) is 36.5 Å². The smallest absolute Gasteiger partial charge is 0.118 e. The van der Waals surface area contributed by atoms with Crippen molar-refractivity contribution in [3.8, 4) is 5.75 Å². The average molecular weight is 261 g/mol. The Balaban J connectivity index is 1.44. The molecule has 2 fully saturated rings. The molecule has 0 aromatic heterocycles. The van der Waals surface area contributed by atoms with Crippen LogP contribution in [0.15, 0.2) is 24.3 Å². The van der Waals surface area contributed by atoms with Gasteiger partial charge in [0, 0.05) is 18.0 Å². The lowest BCUT2D eigenvalue weighted by atomic mass is 9.75. The summed E-state index contributed by atoms with van der Waals surface area (Å²) in [5.41, 5.74) is 1.82. The van der Waals surface area contributed by atoms with Gasteiger partial charge < -0.3 is 14.8 Å². The standard InChI is InChI=1S/C16H23NO2/c1-16(10-19-11-16)9-17-14-7-13(8-14)12-3-5-15(18-2)6-4-12/h3-6,13-14,17H,7-11H2,1-2H3. The van der Waals surface area contributed by atoms with Gasteiger partial charge in [-0.25, -0.2) is 0 Å². The molecule has 1 aromatic rings. The zero-order valence-electron chi connectivity index (χ0n) is 11.8. The summed E-state index contributed by atoms with van der Waals surface area (Å²) in [6, 6.07) is 9.19. The van der Waals surface area contributed by atoms with Crippen LogP contribution >= 0.6 is 0 Å². The van der Waals surface area contributed by atoms with Gasteiger partial charge in [0.15, 0.2) is 0 Å². The van der Waals surface area contributed by atoms with E-state index in [-0.39, 0.29) is 0 Å². The normalized spacial score (nSPS) is 28.3. The zero-order valence-corrected chi connectivity index (χ0v) is 11.8. The van der Waals surface area contributed by atoms with Gasteiger partial charge in [-0.3, -0.25) is 0 Å². The van der Waals surface area contributed by atoms with Crippen LogP contribution < -0.4 is 10.1 Å². The fraction of sp³-hybridized carbons (Fsp3) is 0.625. The Morgan fingerprint density at radius 3 is 2.47 bits per heavy atom. The van der Waals surface area contributed by atoms with Crippen molar-refractivity contribution in [1.82, 2.24) is 5.32 Å². The minimum absolute atomic E-state index is 0.380. The van der Waals surface area contributed by atoms with Crippen LogP contribution in [0.1, 0.15) is 31.2 Å². The molecule has 0 spiro atoms. The summed E-state index contributed by atoms with van der Waals surface area (Å²) >= 11 is 0. The van der Waals surface area contributed by atoms with Gasteiger partial charge in [-0.2, -0.15) is 0 Å². The molecule has 0 radical (unpaired) electrons. The fourth-order valence-electron chi connectivity index (χ4n) is 2.88. The number of benzene rings is 1. The van der Waals surface area contributed by atoms with E-state index in [0.29, 0.717) is 17.4 Å². The SMILES string of the molecule is COc1ccc(C2CC(NCC3(C)COC3)C2)cc1. The first-order valence-corrected chi connectivity index (χ1v) is 7.14. The minimum atomic E-state index is 0.380. The molecule has 1 N–H and O–H groups in total. The van der Waals surface area contributed by atoms with Gasteiger partial charge in [0.1, 0.15) is 5.75 Å². The third kappa shape index (κ3) is 2.77. The summed E-state index contributed by atoms with van der Waals surface area (Å²) in [6.07, 6.45) is 2.51. The van der Waals surface area contributed by atoms with E-state index in [1.54, 1.807) is 7.11 Å². The van der Waals surface area contributed by atoms with Crippen LogP contribution in [0.5, 0.6) is 5.75 Å². The highest BCUT2D eigenvalue weighted by Crippen LogP contribution is 2.38. The maximum atomic E-state index is 5.28. The van der Waals surface area contributed by atoms with E-state index >= 15 is 0 Å². The molecule has 1 saturated heterocycles. The molecule has 3 nitrogen and oxygen atoms in total. The number of ether oxygens (including phenoxy) is 2. The van der Waals surface area contributed by atoms with E-state index in [1.807, 2.05) is 0 Å². The molecule has 0 bridgehead atoms. The summed E-state index contributed by atoms with van der Waals surface area (Å²) < 4.78 is 10.5. The van der Waals surface area contributed by atoms with Gasteiger partial charge in [0.25, 0.3) is 0 Å². The highest BCUT2D eigenvalue weighted by atomic mass is 16.5. The van der Waals surface area contributed by atoms with Crippen molar-refractivity contribution >= 4 is 0 Å². The molecule has 1 aromatic carbocycles. The Morgan fingerprint density at radius 1 is 1.26 bits per heavy atom. The lowest BCUT2D eigenvalue weighted by Gasteiger charge is -2.42. The van der Waals surface area contributed by atoms with Crippen LogP contribution in [0.4, 0.5) is 0 Å². The van der Waals surface area contributed by atoms with Gasteiger partial charge in [-0.15, -0.1) is 0 Å². The van der Waals surface area contributed by atoms with Crippen molar-refractivity contribution < 1.29 is 9.47 Å². The molecule has 0 atom stereocenters. The Hall–Kier alpha value is -1.06. The quantitative estimate of drug-likeness (QED) is 0.883. The summed E-state index contributed by atoms with van der Waals surface area (Å²) in [6.45, 7) is 5.21. The second-order valence-corrected chi connectivity index (χ2v) is 6.32. The molecule has 3 rings (SSSR count). The molecular weight excluding hydrogens is 238 g/mol. The van der Waals surface area contributed by atoms with Gasteiger partial charge >= 0.3 is 0 Å². The van der Waals surface area contributed by atoms with Crippen LogP contribution in [0.25, 0.3) is 0 Å². The molecule has 1 heterocycles. The Morgan fingerprint density at radius 2 is 1.95 bits per heavy atom. The summed E-state index contributed by atoms with van der Waals surface area (Å²) in [5, 5.41) is 3.68. The monoisotopic (exact) mass is 261 g/mol. The van der Waals surface area contributed by atoms with E-state index in [4.69, 9.17) is 9.47 Å². The molecule has 19 heavy (non-hydrogen) atoms. The van der Waals surface area contributed by atoms with Crippen molar-refractivity contribution in [2.75, 3.05) is 26.9 Å². The van der Waals surface area contributed by atoms with Crippen molar-refractivity contribution in [3.63, 3.8) is 0 Å².